The summed E-state index contributed by atoms with van der Waals surface area (Å²) in [6.45, 7) is 5.86. The fraction of sp³-hybridized carbons (Fsp3) is 0.182. The molecule has 26 heavy (non-hydrogen) atoms. The Hall–Kier alpha value is -3.01. The molecular weight excluding hydrogens is 327 g/mol. The number of allylic oxidation sites excluding steroid dienone is 1. The predicted octanol–water partition coefficient (Wildman–Crippen LogP) is 5.14. The number of halogens is 1. The first-order chi connectivity index (χ1) is 12.5. The van der Waals surface area contributed by atoms with Gasteiger partial charge in [0.05, 0.1) is 11.9 Å². The molecule has 1 aromatic heterocycles. The molecule has 1 amide bonds. The summed E-state index contributed by atoms with van der Waals surface area (Å²) in [7, 11) is 0. The molecule has 0 fully saturated rings. The first kappa shape index (κ1) is 17.8. The van der Waals surface area contributed by atoms with E-state index in [0.29, 0.717) is 29.4 Å². The van der Waals surface area contributed by atoms with E-state index >= 15 is 0 Å². The molecule has 0 aliphatic heterocycles. The summed E-state index contributed by atoms with van der Waals surface area (Å²) in [5, 5.41) is 3.57. The van der Waals surface area contributed by atoms with Crippen molar-refractivity contribution in [2.75, 3.05) is 5.32 Å². The number of carbonyl (C=O) groups excluding carboxylic acids is 1. The quantitative estimate of drug-likeness (QED) is 0.627. The number of amides is 1. The average Bonchev–Trinajstić information content (AvgIpc) is 2.62. The molecule has 1 heterocycles. The van der Waals surface area contributed by atoms with Gasteiger partial charge in [0.2, 0.25) is 5.91 Å². The number of rotatable bonds is 6. The first-order valence-electron chi connectivity index (χ1n) is 8.56. The predicted molar refractivity (Wildman–Crippen MR) is 103 cm³/mol. The zero-order valence-electron chi connectivity index (χ0n) is 14.7. The zero-order chi connectivity index (χ0) is 18.5. The average molecular weight is 348 g/mol. The number of aromatic nitrogens is 1. The van der Waals surface area contributed by atoms with Gasteiger partial charge in [0.25, 0.3) is 0 Å². The maximum Gasteiger partial charge on any atom is 0.228 e. The van der Waals surface area contributed by atoms with Crippen molar-refractivity contribution in [1.82, 2.24) is 4.98 Å². The summed E-state index contributed by atoms with van der Waals surface area (Å²) in [6.07, 6.45) is 2.73. The minimum Gasteiger partial charge on any atom is -0.324 e. The Morgan fingerprint density at radius 2 is 1.96 bits per heavy atom. The summed E-state index contributed by atoms with van der Waals surface area (Å²) in [5.41, 5.74) is 2.92. The minimum absolute atomic E-state index is 0.0885. The van der Waals surface area contributed by atoms with E-state index in [1.54, 1.807) is 18.2 Å². The summed E-state index contributed by atoms with van der Waals surface area (Å²) in [4.78, 5) is 16.9. The molecule has 0 saturated heterocycles. The number of hydrogen-bond donors (Lipinski definition) is 1. The van der Waals surface area contributed by atoms with Crippen molar-refractivity contribution < 1.29 is 9.18 Å². The van der Waals surface area contributed by atoms with E-state index in [9.17, 15) is 9.18 Å². The number of benzene rings is 2. The molecule has 3 rings (SSSR count). The van der Waals surface area contributed by atoms with Crippen LogP contribution in [0.3, 0.4) is 0 Å². The van der Waals surface area contributed by atoms with Crippen LogP contribution in [0.25, 0.3) is 10.9 Å². The van der Waals surface area contributed by atoms with Crippen molar-refractivity contribution in [3.8, 4) is 0 Å². The molecule has 1 N–H and O–H groups in total. The standard InChI is InChI=1S/C22H21FN2O/c1-15(2)11-18(12-16-7-4-3-5-8-16)22(26)25-19-13-17-9-6-10-20(23)21(17)24-14-19/h3-10,13-14,18H,1,11-12H2,2H3,(H,25,26)/t18-/m1/s1. The van der Waals surface area contributed by atoms with Crippen molar-refractivity contribution in [2.45, 2.75) is 19.8 Å². The number of para-hydroxylation sites is 1. The van der Waals surface area contributed by atoms with E-state index in [0.717, 1.165) is 11.1 Å². The van der Waals surface area contributed by atoms with E-state index in [2.05, 4.69) is 16.9 Å². The van der Waals surface area contributed by atoms with Crippen LogP contribution in [-0.2, 0) is 11.2 Å². The molecule has 0 unspecified atom stereocenters. The van der Waals surface area contributed by atoms with E-state index < -0.39 is 0 Å². The second-order valence-corrected chi connectivity index (χ2v) is 6.57. The van der Waals surface area contributed by atoms with Crippen LogP contribution in [0.15, 0.2) is 72.9 Å². The molecule has 0 aliphatic carbocycles. The third kappa shape index (κ3) is 4.33. The first-order valence-corrected chi connectivity index (χ1v) is 8.56. The fourth-order valence-corrected chi connectivity index (χ4v) is 3.01. The van der Waals surface area contributed by atoms with Crippen molar-refractivity contribution in [2.24, 2.45) is 5.92 Å². The highest BCUT2D eigenvalue weighted by atomic mass is 19.1. The van der Waals surface area contributed by atoms with E-state index in [1.165, 1.54) is 12.3 Å². The lowest BCUT2D eigenvalue weighted by Crippen LogP contribution is -2.25. The van der Waals surface area contributed by atoms with Gasteiger partial charge in [-0.25, -0.2) is 4.39 Å². The van der Waals surface area contributed by atoms with Gasteiger partial charge in [0, 0.05) is 11.3 Å². The smallest absolute Gasteiger partial charge is 0.228 e. The Morgan fingerprint density at radius 3 is 2.69 bits per heavy atom. The highest BCUT2D eigenvalue weighted by Crippen LogP contribution is 2.22. The third-order valence-electron chi connectivity index (χ3n) is 4.22. The molecule has 2 aromatic carbocycles. The van der Waals surface area contributed by atoms with Crippen LogP contribution in [0.2, 0.25) is 0 Å². The second-order valence-electron chi connectivity index (χ2n) is 6.57. The van der Waals surface area contributed by atoms with Crippen LogP contribution in [0.4, 0.5) is 10.1 Å². The molecule has 0 radical (unpaired) electrons. The van der Waals surface area contributed by atoms with Crippen LogP contribution in [0.1, 0.15) is 18.9 Å². The van der Waals surface area contributed by atoms with Crippen LogP contribution >= 0.6 is 0 Å². The maximum atomic E-state index is 13.7. The molecule has 0 bridgehead atoms. The molecule has 0 aliphatic rings. The maximum absolute atomic E-state index is 13.7. The molecule has 4 heteroatoms. The number of carbonyl (C=O) groups is 1. The zero-order valence-corrected chi connectivity index (χ0v) is 14.7. The summed E-state index contributed by atoms with van der Waals surface area (Å²) in [5.74, 6) is -0.683. The van der Waals surface area contributed by atoms with Gasteiger partial charge >= 0.3 is 0 Å². The molecular formula is C22H21FN2O. The van der Waals surface area contributed by atoms with Crippen LogP contribution in [0.5, 0.6) is 0 Å². The molecule has 3 aromatic rings. The number of nitrogens with one attached hydrogen (secondary N) is 1. The van der Waals surface area contributed by atoms with Crippen molar-refractivity contribution in [1.29, 1.82) is 0 Å². The lowest BCUT2D eigenvalue weighted by atomic mass is 9.92. The Balaban J connectivity index is 1.79. The number of hydrogen-bond acceptors (Lipinski definition) is 2. The Bertz CT molecular complexity index is 937. The largest absolute Gasteiger partial charge is 0.324 e. The molecule has 3 nitrogen and oxygen atoms in total. The molecule has 132 valence electrons. The van der Waals surface area contributed by atoms with Crippen LogP contribution < -0.4 is 5.32 Å². The fourth-order valence-electron chi connectivity index (χ4n) is 3.01. The van der Waals surface area contributed by atoms with E-state index in [-0.39, 0.29) is 17.6 Å². The number of pyridine rings is 1. The van der Waals surface area contributed by atoms with Gasteiger partial charge in [-0.1, -0.05) is 48.0 Å². The van der Waals surface area contributed by atoms with Crippen molar-refractivity contribution in [3.63, 3.8) is 0 Å². The second kappa shape index (κ2) is 7.91. The normalized spacial score (nSPS) is 11.9. The molecule has 1 atom stereocenters. The van der Waals surface area contributed by atoms with Gasteiger partial charge in [0.15, 0.2) is 0 Å². The summed E-state index contributed by atoms with van der Waals surface area (Å²) >= 11 is 0. The Morgan fingerprint density at radius 1 is 1.19 bits per heavy atom. The SMILES string of the molecule is C=C(C)C[C@H](Cc1ccccc1)C(=O)Nc1cnc2c(F)cccc2c1. The van der Waals surface area contributed by atoms with Crippen LogP contribution in [0, 0.1) is 11.7 Å². The topological polar surface area (TPSA) is 42.0 Å². The monoisotopic (exact) mass is 348 g/mol. The van der Waals surface area contributed by atoms with E-state index in [1.807, 2.05) is 37.3 Å². The highest BCUT2D eigenvalue weighted by Gasteiger charge is 2.19. The van der Waals surface area contributed by atoms with Crippen LogP contribution in [-0.4, -0.2) is 10.9 Å². The highest BCUT2D eigenvalue weighted by molar-refractivity contribution is 5.94. The van der Waals surface area contributed by atoms with Gasteiger partial charge in [-0.2, -0.15) is 0 Å². The number of nitrogens with zero attached hydrogens (tertiary/aromatic N) is 1. The number of fused-ring (bicyclic) bond motifs is 1. The van der Waals surface area contributed by atoms with Gasteiger partial charge in [-0.3, -0.25) is 9.78 Å². The Kier molecular flexibility index (Phi) is 5.42. The lowest BCUT2D eigenvalue weighted by Gasteiger charge is -2.17. The lowest BCUT2D eigenvalue weighted by molar-refractivity contribution is -0.119. The molecule has 0 spiro atoms. The minimum atomic E-state index is -0.371. The third-order valence-corrected chi connectivity index (χ3v) is 4.22. The van der Waals surface area contributed by atoms with Gasteiger partial charge in [-0.15, -0.1) is 6.58 Å². The summed E-state index contributed by atoms with van der Waals surface area (Å²) in [6, 6.07) is 16.4. The summed E-state index contributed by atoms with van der Waals surface area (Å²) < 4.78 is 13.7. The van der Waals surface area contributed by atoms with E-state index in [4.69, 9.17) is 0 Å². The van der Waals surface area contributed by atoms with Gasteiger partial charge in [0.1, 0.15) is 11.3 Å². The van der Waals surface area contributed by atoms with Gasteiger partial charge in [-0.05, 0) is 37.5 Å². The van der Waals surface area contributed by atoms with Gasteiger partial charge < -0.3 is 5.32 Å². The van der Waals surface area contributed by atoms with Crippen molar-refractivity contribution >= 4 is 22.5 Å². The van der Waals surface area contributed by atoms with Crippen molar-refractivity contribution in [3.05, 3.63) is 84.3 Å². The Labute approximate surface area is 152 Å². The molecule has 0 saturated carbocycles. The number of anilines is 1.